The second-order valence-electron chi connectivity index (χ2n) is 6.80. The Labute approximate surface area is 149 Å². The van der Waals surface area contributed by atoms with Crippen LogP contribution in [0.4, 0.5) is 13.2 Å². The first-order chi connectivity index (χ1) is 11.8. The molecule has 25 heavy (non-hydrogen) atoms. The number of hydrogen-bond acceptors (Lipinski definition) is 3. The minimum absolute atomic E-state index is 0.391. The van der Waals surface area contributed by atoms with Crippen molar-refractivity contribution in [2.45, 2.75) is 46.3 Å². The fourth-order valence-electron chi connectivity index (χ4n) is 2.62. The van der Waals surface area contributed by atoms with Crippen LogP contribution in [0.25, 0.3) is 0 Å². The van der Waals surface area contributed by atoms with Crippen molar-refractivity contribution in [1.29, 1.82) is 0 Å². The van der Waals surface area contributed by atoms with Crippen LogP contribution in [0, 0.1) is 5.92 Å². The van der Waals surface area contributed by atoms with Crippen LogP contribution in [-0.4, -0.2) is 80.5 Å². The maximum Gasteiger partial charge on any atom is 0.403 e. The molecule has 0 bridgehead atoms. The van der Waals surface area contributed by atoms with E-state index in [4.69, 9.17) is 4.74 Å². The summed E-state index contributed by atoms with van der Waals surface area (Å²) in [6.07, 6.45) is -3.33. The lowest BCUT2D eigenvalue weighted by atomic mass is 10.2. The zero-order valence-corrected chi connectivity index (χ0v) is 15.9. The van der Waals surface area contributed by atoms with Crippen molar-refractivity contribution in [3.05, 3.63) is 0 Å². The van der Waals surface area contributed by atoms with E-state index in [-0.39, 0.29) is 0 Å². The van der Waals surface area contributed by atoms with Crippen molar-refractivity contribution >= 4 is 5.96 Å². The Morgan fingerprint density at radius 1 is 1.16 bits per heavy atom. The molecule has 0 aliphatic carbocycles. The van der Waals surface area contributed by atoms with E-state index in [0.717, 1.165) is 25.5 Å². The Bertz CT molecular complexity index is 394. The van der Waals surface area contributed by atoms with Gasteiger partial charge in [0.15, 0.2) is 5.96 Å². The van der Waals surface area contributed by atoms with Crippen molar-refractivity contribution in [2.75, 3.05) is 52.5 Å². The van der Waals surface area contributed by atoms with E-state index in [0.29, 0.717) is 45.2 Å². The highest BCUT2D eigenvalue weighted by Crippen LogP contribution is 2.25. The third-order valence-corrected chi connectivity index (χ3v) is 4.13. The third kappa shape index (κ3) is 8.27. The number of aliphatic imine (C=N–C) groups is 1. The minimum Gasteiger partial charge on any atom is -0.381 e. The zero-order valence-electron chi connectivity index (χ0n) is 15.9. The summed E-state index contributed by atoms with van der Waals surface area (Å²) in [5, 5.41) is 3.23. The second-order valence-corrected chi connectivity index (χ2v) is 6.80. The molecule has 148 valence electrons. The molecule has 0 aromatic heterocycles. The summed E-state index contributed by atoms with van der Waals surface area (Å²) in [6, 6.07) is -1.40. The second kappa shape index (κ2) is 10.9. The van der Waals surface area contributed by atoms with Crippen molar-refractivity contribution in [1.82, 2.24) is 15.1 Å². The minimum atomic E-state index is -4.17. The van der Waals surface area contributed by atoms with Crippen molar-refractivity contribution in [2.24, 2.45) is 10.9 Å². The average molecular weight is 366 g/mol. The standard InChI is InChI=1S/C17H33F3N4O/c1-5-21-16(22-7-6-12-25-13-14(2)3)24-10-8-23(9-11-24)15(4)17(18,19)20/h14-15H,5-13H2,1-4H3,(H,21,22). The maximum absolute atomic E-state index is 12.8. The van der Waals surface area contributed by atoms with Crippen LogP contribution in [0.2, 0.25) is 0 Å². The van der Waals surface area contributed by atoms with E-state index < -0.39 is 12.2 Å². The molecule has 1 unspecified atom stereocenters. The number of nitrogens with one attached hydrogen (secondary N) is 1. The number of nitrogens with zero attached hydrogens (tertiary/aromatic N) is 3. The van der Waals surface area contributed by atoms with Gasteiger partial charge in [-0.05, 0) is 26.2 Å². The molecule has 0 radical (unpaired) electrons. The molecule has 5 nitrogen and oxygen atoms in total. The predicted octanol–water partition coefficient (Wildman–Crippen LogP) is 2.58. The molecule has 1 saturated heterocycles. The van der Waals surface area contributed by atoms with E-state index in [9.17, 15) is 13.2 Å². The molecule has 1 N–H and O–H groups in total. The fourth-order valence-corrected chi connectivity index (χ4v) is 2.62. The first kappa shape index (κ1) is 22.0. The van der Waals surface area contributed by atoms with Gasteiger partial charge in [-0.25, -0.2) is 0 Å². The Morgan fingerprint density at radius 3 is 2.32 bits per heavy atom. The van der Waals surface area contributed by atoms with Gasteiger partial charge in [0, 0.05) is 52.5 Å². The molecule has 0 aromatic rings. The summed E-state index contributed by atoms with van der Waals surface area (Å²) in [5.41, 5.74) is 0. The summed E-state index contributed by atoms with van der Waals surface area (Å²) in [4.78, 5) is 8.11. The summed E-state index contributed by atoms with van der Waals surface area (Å²) < 4.78 is 44.0. The SMILES string of the molecule is CCNC(=NCCCOCC(C)C)N1CCN(C(C)C(F)(F)F)CC1. The summed E-state index contributed by atoms with van der Waals surface area (Å²) in [5.74, 6) is 1.31. The normalized spacial score (nSPS) is 18.7. The number of ether oxygens (including phenoxy) is 1. The van der Waals surface area contributed by atoms with Crippen LogP contribution in [0.5, 0.6) is 0 Å². The molecule has 1 fully saturated rings. The van der Waals surface area contributed by atoms with Crippen LogP contribution in [0.3, 0.4) is 0 Å². The van der Waals surface area contributed by atoms with Gasteiger partial charge in [0.1, 0.15) is 6.04 Å². The molecule has 0 amide bonds. The Balaban J connectivity index is 2.42. The Kier molecular flexibility index (Phi) is 9.56. The lowest BCUT2D eigenvalue weighted by Crippen LogP contribution is -2.56. The first-order valence-electron chi connectivity index (χ1n) is 9.17. The molecule has 1 heterocycles. The van der Waals surface area contributed by atoms with Gasteiger partial charge in [0.25, 0.3) is 0 Å². The van der Waals surface area contributed by atoms with E-state index in [1.54, 1.807) is 0 Å². The van der Waals surface area contributed by atoms with Crippen LogP contribution in [0.1, 0.15) is 34.1 Å². The van der Waals surface area contributed by atoms with E-state index >= 15 is 0 Å². The van der Waals surface area contributed by atoms with Gasteiger partial charge in [-0.1, -0.05) is 13.8 Å². The molecule has 1 aliphatic heterocycles. The monoisotopic (exact) mass is 366 g/mol. The molecule has 0 aromatic carbocycles. The highest BCUT2D eigenvalue weighted by atomic mass is 19.4. The van der Waals surface area contributed by atoms with Crippen LogP contribution in [0.15, 0.2) is 4.99 Å². The van der Waals surface area contributed by atoms with Gasteiger partial charge < -0.3 is 15.0 Å². The van der Waals surface area contributed by atoms with Crippen molar-refractivity contribution < 1.29 is 17.9 Å². The smallest absolute Gasteiger partial charge is 0.381 e. The molecule has 0 spiro atoms. The maximum atomic E-state index is 12.8. The molecular formula is C17H33F3N4O. The Hall–Kier alpha value is -1.02. The van der Waals surface area contributed by atoms with Crippen LogP contribution in [-0.2, 0) is 4.74 Å². The first-order valence-corrected chi connectivity index (χ1v) is 9.17. The van der Waals surface area contributed by atoms with Crippen molar-refractivity contribution in [3.8, 4) is 0 Å². The van der Waals surface area contributed by atoms with Crippen LogP contribution < -0.4 is 5.32 Å². The van der Waals surface area contributed by atoms with E-state index in [1.165, 1.54) is 11.8 Å². The molecule has 0 saturated carbocycles. The molecule has 1 aliphatic rings. The summed E-state index contributed by atoms with van der Waals surface area (Å²) >= 11 is 0. The number of alkyl halides is 3. The van der Waals surface area contributed by atoms with Gasteiger partial charge in [-0.2, -0.15) is 13.2 Å². The number of rotatable bonds is 8. The fraction of sp³-hybridized carbons (Fsp3) is 0.941. The van der Waals surface area contributed by atoms with Gasteiger partial charge >= 0.3 is 6.18 Å². The Morgan fingerprint density at radius 2 is 1.80 bits per heavy atom. The number of hydrogen-bond donors (Lipinski definition) is 1. The van der Waals surface area contributed by atoms with E-state index in [2.05, 4.69) is 24.2 Å². The summed E-state index contributed by atoms with van der Waals surface area (Å²) in [6.45, 7) is 12.1. The van der Waals surface area contributed by atoms with Gasteiger partial charge in [-0.3, -0.25) is 9.89 Å². The predicted molar refractivity (Wildman–Crippen MR) is 94.9 cm³/mol. The quantitative estimate of drug-likeness (QED) is 0.407. The third-order valence-electron chi connectivity index (χ3n) is 4.13. The number of piperazine rings is 1. The number of guanidine groups is 1. The van der Waals surface area contributed by atoms with E-state index in [1.807, 2.05) is 11.8 Å². The largest absolute Gasteiger partial charge is 0.403 e. The van der Waals surface area contributed by atoms with Gasteiger partial charge in [0.2, 0.25) is 0 Å². The molecule has 1 rings (SSSR count). The van der Waals surface area contributed by atoms with Gasteiger partial charge in [-0.15, -0.1) is 0 Å². The lowest BCUT2D eigenvalue weighted by Gasteiger charge is -2.39. The topological polar surface area (TPSA) is 40.1 Å². The lowest BCUT2D eigenvalue weighted by molar-refractivity contribution is -0.181. The number of halogens is 3. The van der Waals surface area contributed by atoms with Crippen molar-refractivity contribution in [3.63, 3.8) is 0 Å². The summed E-state index contributed by atoms with van der Waals surface area (Å²) in [7, 11) is 0. The zero-order chi connectivity index (χ0) is 18.9. The molecule has 1 atom stereocenters. The van der Waals surface area contributed by atoms with Gasteiger partial charge in [0.05, 0.1) is 0 Å². The van der Waals surface area contributed by atoms with Crippen LogP contribution >= 0.6 is 0 Å². The molecule has 8 heteroatoms. The molecular weight excluding hydrogens is 333 g/mol. The highest BCUT2D eigenvalue weighted by Gasteiger charge is 2.41. The highest BCUT2D eigenvalue weighted by molar-refractivity contribution is 5.80. The average Bonchev–Trinajstić information content (AvgIpc) is 2.55.